The third-order valence-electron chi connectivity index (χ3n) is 5.09. The first-order valence-electron chi connectivity index (χ1n) is 9.76. The Balaban J connectivity index is 1.39. The average molecular weight is 500 g/mol. The standard InChI is InChI=1S/C21H22BrN7OS/c1-28-11-14(10-25-28)13-7-18(19(23)24-9-13)20(30)26-17-5-6-29(12-17)21(31)27-16-4-2-3-15(22)8-16/h2-4,7-11,17H,5-6,12H2,1H3,(H2,23,24)(H,26,30)(H,27,31)/t17-/m1/s1. The molecule has 1 fully saturated rings. The molecule has 31 heavy (non-hydrogen) atoms. The number of aromatic nitrogens is 3. The van der Waals surface area contributed by atoms with Crippen LogP contribution < -0.4 is 16.4 Å². The van der Waals surface area contributed by atoms with Crippen molar-refractivity contribution in [2.75, 3.05) is 24.1 Å². The van der Waals surface area contributed by atoms with Gasteiger partial charge in [-0.3, -0.25) is 9.48 Å². The molecule has 10 heteroatoms. The summed E-state index contributed by atoms with van der Waals surface area (Å²) in [4.78, 5) is 19.1. The molecule has 1 saturated heterocycles. The van der Waals surface area contributed by atoms with Crippen LogP contribution in [-0.2, 0) is 7.05 Å². The summed E-state index contributed by atoms with van der Waals surface area (Å²) in [6.07, 6.45) is 6.03. The highest BCUT2D eigenvalue weighted by Crippen LogP contribution is 2.22. The van der Waals surface area contributed by atoms with E-state index in [0.717, 1.165) is 34.3 Å². The van der Waals surface area contributed by atoms with E-state index >= 15 is 0 Å². The molecule has 1 aliphatic heterocycles. The summed E-state index contributed by atoms with van der Waals surface area (Å²) in [5.74, 6) is -0.0414. The third-order valence-corrected chi connectivity index (χ3v) is 5.94. The van der Waals surface area contributed by atoms with Gasteiger partial charge in [-0.1, -0.05) is 22.0 Å². The van der Waals surface area contributed by atoms with Gasteiger partial charge in [0.1, 0.15) is 5.82 Å². The number of nitrogens with one attached hydrogen (secondary N) is 2. The number of nitrogen functional groups attached to an aromatic ring is 1. The van der Waals surface area contributed by atoms with Crippen LogP contribution in [0.25, 0.3) is 11.1 Å². The Morgan fingerprint density at radius 1 is 1.29 bits per heavy atom. The number of nitrogens with two attached hydrogens (primary N) is 1. The molecule has 1 atom stereocenters. The van der Waals surface area contributed by atoms with Crippen LogP contribution in [-0.4, -0.2) is 49.8 Å². The Kier molecular flexibility index (Phi) is 6.19. The minimum atomic E-state index is -0.242. The monoisotopic (exact) mass is 499 g/mol. The fraction of sp³-hybridized carbons (Fsp3) is 0.238. The van der Waals surface area contributed by atoms with Crippen LogP contribution >= 0.6 is 28.1 Å². The van der Waals surface area contributed by atoms with Gasteiger partial charge in [-0.25, -0.2) is 4.98 Å². The second kappa shape index (κ2) is 9.03. The van der Waals surface area contributed by atoms with E-state index in [9.17, 15) is 4.79 Å². The number of nitrogens with zero attached hydrogens (tertiary/aromatic N) is 4. The molecule has 0 unspecified atom stereocenters. The van der Waals surface area contributed by atoms with Gasteiger partial charge in [-0.2, -0.15) is 5.10 Å². The number of carbonyl (C=O) groups is 1. The molecule has 1 aromatic carbocycles. The predicted octanol–water partition coefficient (Wildman–Crippen LogP) is 3.03. The second-order valence-corrected chi connectivity index (χ2v) is 8.71. The normalized spacial score (nSPS) is 15.7. The number of pyridine rings is 1. The molecule has 4 N–H and O–H groups in total. The molecule has 160 valence electrons. The van der Waals surface area contributed by atoms with Crippen molar-refractivity contribution in [3.8, 4) is 11.1 Å². The van der Waals surface area contributed by atoms with E-state index in [1.165, 1.54) is 0 Å². The van der Waals surface area contributed by atoms with Gasteiger partial charge in [0.2, 0.25) is 0 Å². The molecule has 0 saturated carbocycles. The van der Waals surface area contributed by atoms with Crippen LogP contribution in [0, 0.1) is 0 Å². The summed E-state index contributed by atoms with van der Waals surface area (Å²) in [5.41, 5.74) is 8.92. The predicted molar refractivity (Wildman–Crippen MR) is 129 cm³/mol. The van der Waals surface area contributed by atoms with Crippen molar-refractivity contribution in [1.82, 2.24) is 25.0 Å². The molecule has 1 amide bonds. The van der Waals surface area contributed by atoms with Gasteiger partial charge in [-0.05, 0) is 42.9 Å². The van der Waals surface area contributed by atoms with Gasteiger partial charge in [0.25, 0.3) is 5.91 Å². The maximum Gasteiger partial charge on any atom is 0.255 e. The SMILES string of the molecule is Cn1cc(-c2cnc(N)c(C(=O)N[C@@H]3CCN(C(=S)Nc4cccc(Br)c4)C3)c2)cn1. The van der Waals surface area contributed by atoms with Crippen molar-refractivity contribution < 1.29 is 4.79 Å². The zero-order chi connectivity index (χ0) is 22.0. The first kappa shape index (κ1) is 21.3. The van der Waals surface area contributed by atoms with E-state index < -0.39 is 0 Å². The number of halogens is 1. The summed E-state index contributed by atoms with van der Waals surface area (Å²) in [5, 5.41) is 11.1. The van der Waals surface area contributed by atoms with Crippen LogP contribution in [0.1, 0.15) is 16.8 Å². The number of anilines is 2. The quantitative estimate of drug-likeness (QED) is 0.474. The number of aryl methyl sites for hydroxylation is 1. The number of thiocarbonyl (C=S) groups is 1. The Hall–Kier alpha value is -2.98. The summed E-state index contributed by atoms with van der Waals surface area (Å²) >= 11 is 9.00. The number of amides is 1. The molecule has 0 spiro atoms. The Morgan fingerprint density at radius 2 is 2.13 bits per heavy atom. The van der Waals surface area contributed by atoms with Gasteiger partial charge in [0.05, 0.1) is 11.8 Å². The van der Waals surface area contributed by atoms with Crippen LogP contribution in [0.3, 0.4) is 0 Å². The van der Waals surface area contributed by atoms with Crippen molar-refractivity contribution in [1.29, 1.82) is 0 Å². The zero-order valence-corrected chi connectivity index (χ0v) is 19.3. The van der Waals surface area contributed by atoms with Crippen LogP contribution in [0.15, 0.2) is 53.4 Å². The van der Waals surface area contributed by atoms with Gasteiger partial charge in [-0.15, -0.1) is 0 Å². The number of hydrogen-bond donors (Lipinski definition) is 3. The van der Waals surface area contributed by atoms with E-state index in [0.29, 0.717) is 17.2 Å². The highest BCUT2D eigenvalue weighted by molar-refractivity contribution is 9.10. The van der Waals surface area contributed by atoms with Gasteiger partial charge >= 0.3 is 0 Å². The Bertz CT molecular complexity index is 1130. The van der Waals surface area contributed by atoms with Crippen molar-refractivity contribution in [2.24, 2.45) is 7.05 Å². The average Bonchev–Trinajstić information content (AvgIpc) is 3.37. The third kappa shape index (κ3) is 5.02. The molecule has 0 radical (unpaired) electrons. The fourth-order valence-corrected chi connectivity index (χ4v) is 4.16. The van der Waals surface area contributed by atoms with Crippen molar-refractivity contribution >= 4 is 50.7 Å². The molecule has 2 aromatic heterocycles. The van der Waals surface area contributed by atoms with Crippen molar-refractivity contribution in [3.05, 3.63) is 59.0 Å². The molecule has 1 aliphatic rings. The summed E-state index contributed by atoms with van der Waals surface area (Å²) in [7, 11) is 1.84. The van der Waals surface area contributed by atoms with Crippen LogP contribution in [0.4, 0.5) is 11.5 Å². The van der Waals surface area contributed by atoms with Gasteiger partial charge < -0.3 is 21.3 Å². The van der Waals surface area contributed by atoms with Gasteiger partial charge in [0, 0.05) is 59.9 Å². The number of hydrogen-bond acceptors (Lipinski definition) is 5. The summed E-state index contributed by atoms with van der Waals surface area (Å²) < 4.78 is 2.68. The second-order valence-electron chi connectivity index (χ2n) is 7.41. The minimum Gasteiger partial charge on any atom is -0.383 e. The molecule has 4 rings (SSSR count). The van der Waals surface area contributed by atoms with Crippen molar-refractivity contribution in [2.45, 2.75) is 12.5 Å². The molecular formula is C21H22BrN7OS. The maximum atomic E-state index is 12.9. The number of benzene rings is 1. The van der Waals surface area contributed by atoms with Crippen LogP contribution in [0.5, 0.6) is 0 Å². The van der Waals surface area contributed by atoms with E-state index in [1.807, 2.05) is 37.5 Å². The topological polar surface area (TPSA) is 101 Å². The molecule has 3 aromatic rings. The molecule has 0 aliphatic carbocycles. The van der Waals surface area contributed by atoms with E-state index in [4.69, 9.17) is 18.0 Å². The smallest absolute Gasteiger partial charge is 0.255 e. The lowest BCUT2D eigenvalue weighted by Gasteiger charge is -2.21. The number of likely N-dealkylation sites (tertiary alicyclic amines) is 1. The lowest BCUT2D eigenvalue weighted by molar-refractivity contribution is 0.0939. The molecule has 0 bridgehead atoms. The van der Waals surface area contributed by atoms with Gasteiger partial charge in [0.15, 0.2) is 5.11 Å². The highest BCUT2D eigenvalue weighted by atomic mass is 79.9. The lowest BCUT2D eigenvalue weighted by atomic mass is 10.1. The summed E-state index contributed by atoms with van der Waals surface area (Å²) in [6.45, 7) is 1.38. The molecule has 3 heterocycles. The van der Waals surface area contributed by atoms with E-state index in [1.54, 1.807) is 23.1 Å². The fourth-order valence-electron chi connectivity index (χ4n) is 3.48. The van der Waals surface area contributed by atoms with E-state index in [-0.39, 0.29) is 17.8 Å². The maximum absolute atomic E-state index is 12.9. The Morgan fingerprint density at radius 3 is 2.87 bits per heavy atom. The first-order chi connectivity index (χ1) is 14.9. The number of carbonyl (C=O) groups excluding carboxylic acids is 1. The number of rotatable bonds is 4. The zero-order valence-electron chi connectivity index (χ0n) is 16.9. The summed E-state index contributed by atoms with van der Waals surface area (Å²) in [6, 6.07) is 9.54. The van der Waals surface area contributed by atoms with E-state index in [2.05, 4.69) is 41.5 Å². The Labute approximate surface area is 194 Å². The molecular weight excluding hydrogens is 478 g/mol. The molecule has 8 nitrogen and oxygen atoms in total. The largest absolute Gasteiger partial charge is 0.383 e. The highest BCUT2D eigenvalue weighted by Gasteiger charge is 2.27. The van der Waals surface area contributed by atoms with Crippen molar-refractivity contribution in [3.63, 3.8) is 0 Å². The minimum absolute atomic E-state index is 0.0313. The first-order valence-corrected chi connectivity index (χ1v) is 11.0. The van der Waals surface area contributed by atoms with Crippen LogP contribution in [0.2, 0.25) is 0 Å². The lowest BCUT2D eigenvalue weighted by Crippen LogP contribution is -2.39.